The van der Waals surface area contributed by atoms with Crippen LogP contribution in [0.1, 0.15) is 84.5 Å². The minimum Gasteiger partial charge on any atom is -0.329 e. The molecule has 7 heteroatoms. The number of unbranched alkanes of at least 4 members (excludes halogenated alkanes) is 8. The summed E-state index contributed by atoms with van der Waals surface area (Å²) >= 11 is 0. The van der Waals surface area contributed by atoms with E-state index in [1.165, 1.54) is 38.5 Å². The van der Waals surface area contributed by atoms with Gasteiger partial charge in [-0.15, -0.1) is 0 Å². The Balaban J connectivity index is 3.60. The Morgan fingerprint density at radius 2 is 1.50 bits per heavy atom. The summed E-state index contributed by atoms with van der Waals surface area (Å²) in [6.45, 7) is 3.86. The lowest BCUT2D eigenvalue weighted by molar-refractivity contribution is -0.123. The number of nitrogens with one attached hydrogen (secondary N) is 1. The van der Waals surface area contributed by atoms with Crippen molar-refractivity contribution in [1.82, 2.24) is 5.32 Å². The van der Waals surface area contributed by atoms with Gasteiger partial charge in [0.25, 0.3) is 0 Å². The molecular weight excluding hydrogens is 306 g/mol. The molecule has 0 radical (unpaired) electrons. The highest BCUT2D eigenvalue weighted by molar-refractivity contribution is 7.80. The summed E-state index contributed by atoms with van der Waals surface area (Å²) in [6.07, 6.45) is 10.1. The topological polar surface area (TPSA) is 92.7 Å². The van der Waals surface area contributed by atoms with E-state index in [2.05, 4.69) is 16.4 Å². The highest BCUT2D eigenvalue weighted by Crippen LogP contribution is 2.10. The summed E-state index contributed by atoms with van der Waals surface area (Å²) in [5.74, 6) is -0.251. The maximum atomic E-state index is 11.6. The molecule has 6 nitrogen and oxygen atoms in total. The zero-order valence-corrected chi connectivity index (χ0v) is 14.7. The number of amides is 1. The van der Waals surface area contributed by atoms with Crippen LogP contribution in [0, 0.1) is 0 Å². The van der Waals surface area contributed by atoms with Crippen molar-refractivity contribution >= 4 is 16.3 Å². The predicted octanol–water partition coefficient (Wildman–Crippen LogP) is 3.58. The highest BCUT2D eigenvalue weighted by Gasteiger charge is 2.17. The van der Waals surface area contributed by atoms with Crippen LogP contribution in [0.2, 0.25) is 0 Å². The second-order valence-electron chi connectivity index (χ2n) is 5.57. The average Bonchev–Trinajstić information content (AvgIpc) is 2.43. The van der Waals surface area contributed by atoms with E-state index in [-0.39, 0.29) is 12.3 Å². The normalized spacial score (nSPS) is 13.0. The molecule has 0 aliphatic carbocycles. The molecule has 0 rings (SSSR count). The SMILES string of the molecule is CCCCCCCCCCCC(=O)NC(CC)OS(=O)(=O)O. The monoisotopic (exact) mass is 337 g/mol. The fourth-order valence-electron chi connectivity index (χ4n) is 2.19. The van der Waals surface area contributed by atoms with Crippen molar-refractivity contribution in [3.8, 4) is 0 Å². The van der Waals surface area contributed by atoms with Gasteiger partial charge in [-0.3, -0.25) is 9.35 Å². The van der Waals surface area contributed by atoms with Crippen molar-refractivity contribution in [3.05, 3.63) is 0 Å². The summed E-state index contributed by atoms with van der Waals surface area (Å²) in [5, 5.41) is 2.45. The summed E-state index contributed by atoms with van der Waals surface area (Å²) in [4.78, 5) is 11.6. The second kappa shape index (κ2) is 12.8. The zero-order chi connectivity index (χ0) is 16.8. The van der Waals surface area contributed by atoms with Crippen LogP contribution in [0.25, 0.3) is 0 Å². The fourth-order valence-corrected chi connectivity index (χ4v) is 2.67. The molecule has 1 unspecified atom stereocenters. The van der Waals surface area contributed by atoms with Gasteiger partial charge >= 0.3 is 10.4 Å². The number of hydrogen-bond donors (Lipinski definition) is 2. The number of hydrogen-bond acceptors (Lipinski definition) is 4. The Morgan fingerprint density at radius 3 is 1.95 bits per heavy atom. The number of carbonyl (C=O) groups excluding carboxylic acids is 1. The van der Waals surface area contributed by atoms with Gasteiger partial charge in [0.05, 0.1) is 0 Å². The van der Waals surface area contributed by atoms with Crippen LogP contribution in [-0.4, -0.2) is 25.1 Å². The van der Waals surface area contributed by atoms with E-state index in [0.717, 1.165) is 19.3 Å². The molecular formula is C15H31NO5S. The van der Waals surface area contributed by atoms with Crippen molar-refractivity contribution in [3.63, 3.8) is 0 Å². The van der Waals surface area contributed by atoms with Gasteiger partial charge in [-0.05, 0) is 12.8 Å². The Hall–Kier alpha value is -0.660. The molecule has 0 heterocycles. The van der Waals surface area contributed by atoms with Gasteiger partial charge in [0.2, 0.25) is 5.91 Å². The quantitative estimate of drug-likeness (QED) is 0.287. The Morgan fingerprint density at radius 1 is 1.00 bits per heavy atom. The van der Waals surface area contributed by atoms with Crippen molar-refractivity contribution < 1.29 is 21.9 Å². The number of carbonyl (C=O) groups is 1. The average molecular weight is 337 g/mol. The molecule has 0 aliphatic heterocycles. The Labute approximate surface area is 135 Å². The lowest BCUT2D eigenvalue weighted by atomic mass is 10.1. The van der Waals surface area contributed by atoms with E-state index in [1.807, 2.05) is 0 Å². The third-order valence-electron chi connectivity index (χ3n) is 3.44. The minimum atomic E-state index is -4.54. The molecule has 0 aromatic heterocycles. The molecule has 0 aromatic carbocycles. The van der Waals surface area contributed by atoms with Crippen LogP contribution < -0.4 is 5.32 Å². The molecule has 0 spiro atoms. The third kappa shape index (κ3) is 14.3. The minimum absolute atomic E-state index is 0.251. The van der Waals surface area contributed by atoms with Crippen LogP contribution in [0.15, 0.2) is 0 Å². The van der Waals surface area contributed by atoms with Gasteiger partial charge < -0.3 is 5.32 Å². The van der Waals surface area contributed by atoms with Crippen molar-refractivity contribution in [2.45, 2.75) is 90.7 Å². The lowest BCUT2D eigenvalue weighted by Crippen LogP contribution is -2.37. The number of rotatable bonds is 14. The zero-order valence-electron chi connectivity index (χ0n) is 13.8. The van der Waals surface area contributed by atoms with Gasteiger partial charge in [-0.25, -0.2) is 4.18 Å². The van der Waals surface area contributed by atoms with Gasteiger partial charge in [0.1, 0.15) is 0 Å². The maximum Gasteiger partial charge on any atom is 0.399 e. The second-order valence-corrected chi connectivity index (χ2v) is 6.61. The lowest BCUT2D eigenvalue weighted by Gasteiger charge is -2.15. The first-order chi connectivity index (χ1) is 10.4. The van der Waals surface area contributed by atoms with Gasteiger partial charge in [0, 0.05) is 6.42 Å². The molecule has 0 fully saturated rings. The molecule has 1 amide bonds. The molecule has 0 bridgehead atoms. The van der Waals surface area contributed by atoms with Crippen LogP contribution in [0.5, 0.6) is 0 Å². The van der Waals surface area contributed by atoms with E-state index >= 15 is 0 Å². The van der Waals surface area contributed by atoms with Crippen LogP contribution >= 0.6 is 0 Å². The molecule has 0 saturated heterocycles. The molecule has 132 valence electrons. The Kier molecular flexibility index (Phi) is 12.5. The van der Waals surface area contributed by atoms with Gasteiger partial charge in [-0.2, -0.15) is 8.42 Å². The predicted molar refractivity (Wildman–Crippen MR) is 86.7 cm³/mol. The fraction of sp³-hybridized carbons (Fsp3) is 0.933. The van der Waals surface area contributed by atoms with Crippen molar-refractivity contribution in [1.29, 1.82) is 0 Å². The smallest absolute Gasteiger partial charge is 0.329 e. The summed E-state index contributed by atoms with van der Waals surface area (Å²) in [5.41, 5.74) is 0. The molecule has 0 aliphatic rings. The standard InChI is InChI=1S/C15H31NO5S/c1-3-5-6-7-8-9-10-11-12-13-14(17)16-15(4-2)21-22(18,19)20/h15H,3-13H2,1-2H3,(H,16,17)(H,18,19,20). The summed E-state index contributed by atoms with van der Waals surface area (Å²) in [7, 11) is -4.54. The van der Waals surface area contributed by atoms with E-state index < -0.39 is 16.6 Å². The highest BCUT2D eigenvalue weighted by atomic mass is 32.3. The van der Waals surface area contributed by atoms with Crippen molar-refractivity contribution in [2.75, 3.05) is 0 Å². The van der Waals surface area contributed by atoms with Crippen molar-refractivity contribution in [2.24, 2.45) is 0 Å². The molecule has 1 atom stereocenters. The largest absolute Gasteiger partial charge is 0.399 e. The Bertz CT molecular complexity index is 383. The van der Waals surface area contributed by atoms with Gasteiger partial charge in [0.15, 0.2) is 6.23 Å². The van der Waals surface area contributed by atoms with E-state index in [9.17, 15) is 13.2 Å². The third-order valence-corrected chi connectivity index (χ3v) is 3.91. The molecule has 2 N–H and O–H groups in total. The summed E-state index contributed by atoms with van der Waals surface area (Å²) < 4.78 is 34.1. The molecule has 0 aromatic rings. The van der Waals surface area contributed by atoms with E-state index in [4.69, 9.17) is 4.55 Å². The van der Waals surface area contributed by atoms with Crippen LogP contribution in [-0.2, 0) is 19.4 Å². The first kappa shape index (κ1) is 21.3. The first-order valence-corrected chi connectivity index (χ1v) is 9.70. The maximum absolute atomic E-state index is 11.6. The summed E-state index contributed by atoms with van der Waals surface area (Å²) in [6, 6.07) is 0. The van der Waals surface area contributed by atoms with Crippen LogP contribution in [0.4, 0.5) is 0 Å². The van der Waals surface area contributed by atoms with E-state index in [1.54, 1.807) is 6.92 Å². The van der Waals surface area contributed by atoms with Gasteiger partial charge in [-0.1, -0.05) is 65.2 Å². The molecule has 22 heavy (non-hydrogen) atoms. The molecule has 0 saturated carbocycles. The van der Waals surface area contributed by atoms with E-state index in [0.29, 0.717) is 6.42 Å². The van der Waals surface area contributed by atoms with Crippen LogP contribution in [0.3, 0.4) is 0 Å². The first-order valence-electron chi connectivity index (χ1n) is 8.34.